The number of nitrogen functional groups attached to an aromatic ring is 1. The number of carbonyl (C=O) groups excluding carboxylic acids is 4. The van der Waals surface area contributed by atoms with Crippen molar-refractivity contribution in [3.63, 3.8) is 0 Å². The molecular formula is C38H46ClF4N11O8. The number of hydrogen-bond acceptors (Lipinski definition) is 12. The second-order valence-corrected chi connectivity index (χ2v) is 14.5. The molecule has 62 heavy (non-hydrogen) atoms. The quantitative estimate of drug-likeness (QED) is 0.0346. The molecule has 10 N–H and O–H groups in total. The third-order valence-electron chi connectivity index (χ3n) is 9.83. The number of quaternary nitrogens is 1. The lowest BCUT2D eigenvalue weighted by atomic mass is 10.0. The predicted molar refractivity (Wildman–Crippen MR) is 214 cm³/mol. The van der Waals surface area contributed by atoms with Gasteiger partial charge in [0.15, 0.2) is 18.1 Å². The fourth-order valence-electron chi connectivity index (χ4n) is 6.83. The van der Waals surface area contributed by atoms with Crippen molar-refractivity contribution in [1.29, 1.82) is 0 Å². The molecule has 2 aromatic carbocycles. The maximum Gasteiger partial charge on any atom is 0.435 e. The summed E-state index contributed by atoms with van der Waals surface area (Å²) in [6.45, 7) is 2.11. The van der Waals surface area contributed by atoms with Crippen molar-refractivity contribution < 1.29 is 61.0 Å². The van der Waals surface area contributed by atoms with E-state index in [1.165, 1.54) is 46.3 Å². The highest BCUT2D eigenvalue weighted by molar-refractivity contribution is 6.34. The maximum absolute atomic E-state index is 14.7. The second-order valence-electron chi connectivity index (χ2n) is 14.1. The maximum atomic E-state index is 14.7. The molecule has 336 valence electrons. The summed E-state index contributed by atoms with van der Waals surface area (Å²) in [5, 5.41) is 26.0. The second kappa shape index (κ2) is 22.0. The van der Waals surface area contributed by atoms with E-state index in [2.05, 4.69) is 25.5 Å². The molecular weight excluding hydrogens is 850 g/mol. The third-order valence-corrected chi connectivity index (χ3v) is 10.1. The number of piperazine rings is 1. The fraction of sp³-hybridized carbons (Fsp3) is 0.395. The van der Waals surface area contributed by atoms with Crippen molar-refractivity contribution in [1.82, 2.24) is 30.0 Å². The summed E-state index contributed by atoms with van der Waals surface area (Å²) in [4.78, 5) is 68.9. The van der Waals surface area contributed by atoms with Crippen LogP contribution < -0.4 is 27.6 Å². The number of carbonyl (C=O) groups is 5. The van der Waals surface area contributed by atoms with Crippen molar-refractivity contribution in [2.75, 3.05) is 83.1 Å². The summed E-state index contributed by atoms with van der Waals surface area (Å²) in [6, 6.07) is 7.74. The van der Waals surface area contributed by atoms with Gasteiger partial charge >= 0.3 is 18.2 Å². The first-order valence-corrected chi connectivity index (χ1v) is 19.4. The molecule has 0 spiro atoms. The Hall–Kier alpha value is -6.30. The van der Waals surface area contributed by atoms with Gasteiger partial charge in [0.2, 0.25) is 0 Å². The first kappa shape index (κ1) is 48.4. The van der Waals surface area contributed by atoms with Gasteiger partial charge in [-0.2, -0.15) is 18.3 Å². The molecule has 2 aromatic heterocycles. The van der Waals surface area contributed by atoms with Gasteiger partial charge in [0.25, 0.3) is 11.8 Å². The zero-order chi connectivity index (χ0) is 45.6. The van der Waals surface area contributed by atoms with E-state index in [1.807, 2.05) is 0 Å². The van der Waals surface area contributed by atoms with Crippen molar-refractivity contribution >= 4 is 53.3 Å². The van der Waals surface area contributed by atoms with Crippen molar-refractivity contribution in [3.8, 4) is 11.3 Å². The van der Waals surface area contributed by atoms with Crippen LogP contribution in [0.2, 0.25) is 5.02 Å². The van der Waals surface area contributed by atoms with Crippen LogP contribution >= 0.6 is 11.6 Å². The molecule has 0 saturated carbocycles. The van der Waals surface area contributed by atoms with E-state index in [1.54, 1.807) is 0 Å². The molecule has 1 aliphatic rings. The summed E-state index contributed by atoms with van der Waals surface area (Å²) in [5.41, 5.74) is 15.4. The van der Waals surface area contributed by atoms with Gasteiger partial charge in [-0.05, 0) is 49.5 Å². The monoisotopic (exact) mass is 895 g/mol. The van der Waals surface area contributed by atoms with Gasteiger partial charge < -0.3 is 61.5 Å². The van der Waals surface area contributed by atoms with Crippen LogP contribution in [-0.4, -0.2) is 142 Å². The van der Waals surface area contributed by atoms with Crippen molar-refractivity contribution in [3.05, 3.63) is 81.8 Å². The number of amides is 3. The van der Waals surface area contributed by atoms with Crippen molar-refractivity contribution in [2.45, 2.75) is 25.4 Å². The summed E-state index contributed by atoms with van der Waals surface area (Å²) in [5.74, 6) is -3.26. The van der Waals surface area contributed by atoms with Crippen LogP contribution in [0.5, 0.6) is 0 Å². The molecule has 0 bridgehead atoms. The first-order valence-electron chi connectivity index (χ1n) is 19.0. The van der Waals surface area contributed by atoms with E-state index in [-0.39, 0.29) is 101 Å². The van der Waals surface area contributed by atoms with E-state index < -0.39 is 54.5 Å². The Morgan fingerprint density at radius 3 is 2.24 bits per heavy atom. The molecule has 0 atom stereocenters. The Morgan fingerprint density at radius 2 is 1.66 bits per heavy atom. The topological polar surface area (TPSA) is 292 Å². The van der Waals surface area contributed by atoms with Crippen LogP contribution in [0, 0.1) is 5.82 Å². The minimum Gasteiger partial charge on any atom is -0.554 e. The third kappa shape index (κ3) is 12.9. The zero-order valence-corrected chi connectivity index (χ0v) is 33.9. The van der Waals surface area contributed by atoms with Gasteiger partial charge in [-0.25, -0.2) is 19.0 Å². The molecule has 1 saturated heterocycles. The summed E-state index contributed by atoms with van der Waals surface area (Å²) >= 11 is 6.47. The lowest BCUT2D eigenvalue weighted by molar-refractivity contribution is -0.921. The van der Waals surface area contributed by atoms with E-state index in [9.17, 15) is 41.8 Å². The van der Waals surface area contributed by atoms with Gasteiger partial charge in [0.05, 0.1) is 29.4 Å². The number of halogens is 5. The number of imidazole rings is 1. The number of aliphatic carboxylic acids is 1. The normalized spacial score (nSPS) is 13.0. The summed E-state index contributed by atoms with van der Waals surface area (Å²) in [6.07, 6.45) is -3.54. The van der Waals surface area contributed by atoms with E-state index in [0.717, 1.165) is 6.07 Å². The number of nitrogens with zero attached hydrogens (tertiary/aromatic N) is 5. The molecule has 0 aliphatic carbocycles. The Bertz CT molecular complexity index is 2190. The number of alkyl halides is 3. The highest BCUT2D eigenvalue weighted by Crippen LogP contribution is 2.37. The van der Waals surface area contributed by atoms with Crippen LogP contribution in [0.25, 0.3) is 11.3 Å². The van der Waals surface area contributed by atoms with Crippen LogP contribution in [0.15, 0.2) is 42.6 Å². The number of ether oxygens (including phenoxy) is 1. The van der Waals surface area contributed by atoms with Crippen LogP contribution in [0.1, 0.15) is 50.8 Å². The van der Waals surface area contributed by atoms with E-state index >= 15 is 0 Å². The Labute approximate surface area is 356 Å². The van der Waals surface area contributed by atoms with Gasteiger partial charge in [-0.1, -0.05) is 11.6 Å². The number of aromatic amines is 2. The largest absolute Gasteiger partial charge is 0.554 e. The Morgan fingerprint density at radius 1 is 1.02 bits per heavy atom. The van der Waals surface area contributed by atoms with Crippen LogP contribution in [0.4, 0.5) is 33.7 Å². The molecule has 3 heterocycles. The van der Waals surface area contributed by atoms with E-state index in [0.29, 0.717) is 39.0 Å². The first-order chi connectivity index (χ1) is 29.4. The fourth-order valence-corrected chi connectivity index (χ4v) is 7.09. The van der Waals surface area contributed by atoms with Gasteiger partial charge in [0, 0.05) is 86.3 Å². The standard InChI is InChI=1S/C37H44ClF4N11O6.CH2O2/c38-28-19-23(48-34(56)33-46-20-24(47-33)18-27-31(49-50-32(27)37(40,41)42)26-5-3-22(45)17-29(26)39)4-6-25(28)35(57)51-9-11-52(12-10-51)36(58)59-16-15-53(13-1-7-43,14-2-8-44)21-30(54)55;2-1-3/h3-6,17,19-20H,1-2,7-16,18,21,43-44H2,(H5-,45,46,47,48,49,50,54,55,56,57);1H,(H,2,3). The predicted octanol–water partition coefficient (Wildman–Crippen LogP) is 1.90. The smallest absolute Gasteiger partial charge is 0.435 e. The van der Waals surface area contributed by atoms with Gasteiger partial charge in [0.1, 0.15) is 19.0 Å². The zero-order valence-electron chi connectivity index (χ0n) is 33.2. The number of nitrogens with two attached hydrogens (primary N) is 3. The molecule has 1 fully saturated rings. The van der Waals surface area contributed by atoms with Crippen LogP contribution in [-0.2, 0) is 26.9 Å². The van der Waals surface area contributed by atoms with Crippen LogP contribution in [0.3, 0.4) is 0 Å². The minimum atomic E-state index is -4.87. The number of aromatic nitrogens is 4. The molecule has 1 aliphatic heterocycles. The average Bonchev–Trinajstić information content (AvgIpc) is 3.87. The number of rotatable bonds is 17. The number of anilines is 2. The molecule has 3 amide bonds. The highest BCUT2D eigenvalue weighted by atomic mass is 35.5. The molecule has 0 radical (unpaired) electrons. The number of carboxylic acids is 1. The molecule has 24 heteroatoms. The summed E-state index contributed by atoms with van der Waals surface area (Å²) < 4.78 is 62.0. The number of benzene rings is 2. The van der Waals surface area contributed by atoms with Gasteiger partial charge in [-0.15, -0.1) is 0 Å². The molecule has 19 nitrogen and oxygen atoms in total. The van der Waals surface area contributed by atoms with Gasteiger partial charge in [-0.3, -0.25) is 14.7 Å². The number of nitrogens with one attached hydrogen (secondary N) is 3. The molecule has 4 aromatic rings. The highest BCUT2D eigenvalue weighted by Gasteiger charge is 2.39. The number of carboxylic acid groups (broad SMARTS) is 2. The number of H-pyrrole nitrogens is 2. The summed E-state index contributed by atoms with van der Waals surface area (Å²) in [7, 11) is 0. The number of hydrogen-bond donors (Lipinski definition) is 7. The molecule has 5 rings (SSSR count). The minimum absolute atomic E-state index is 0.0114. The van der Waals surface area contributed by atoms with Crippen molar-refractivity contribution in [2.24, 2.45) is 11.5 Å². The lowest BCUT2D eigenvalue weighted by Crippen LogP contribution is -2.55. The van der Waals surface area contributed by atoms with E-state index in [4.69, 9.17) is 43.4 Å². The average molecular weight is 896 g/mol. The lowest BCUT2D eigenvalue weighted by Gasteiger charge is -2.38. The Kier molecular flexibility index (Phi) is 17.2. The Balaban J connectivity index is 0.00000273. The molecule has 0 unspecified atom stereocenters. The SMILES string of the molecule is NCCC[N+](CCCN)(CCOC(=O)N1CCN(C(=O)c2ccc(NC(=O)c3ncc(Cc4c(C(F)(F)F)n[nH]c4-c4ccc(N)cc4F)[nH]3)cc2Cl)CC1)CC(=O)O.O=C[O-].